The second-order valence-electron chi connectivity index (χ2n) is 20.5. The number of benzene rings is 9. The standard InChI is InChI=1S/C66H57BN2S/c1-5-7-19-43-29-33-46(34-30-43)62(45-21-11-9-12-22-45)47-35-38-57-59(39-47)68(48-36-31-44(32-37-48)20-8-6-2)65-63-54(50-25-15-17-27-56(50)66(63,3)4)41-55-52-40-53-51-26-16-18-28-60(51)70-61(53)42-58(52)69(67(57)64(55)65)49-23-13-10-14-24-49/h9-18,21-42,62H,5-8,19-20H2,1-4H3. The van der Waals surface area contributed by atoms with E-state index in [0.29, 0.717) is 0 Å². The largest absolute Gasteiger partial charge is 0.376 e. The van der Waals surface area contributed by atoms with Gasteiger partial charge in [-0.25, -0.2) is 0 Å². The van der Waals surface area contributed by atoms with E-state index in [9.17, 15) is 0 Å². The summed E-state index contributed by atoms with van der Waals surface area (Å²) in [5.74, 6) is 0.0442. The molecular weight excluding hydrogens is 864 g/mol. The number of fused-ring (bicyclic) bond motifs is 11. The molecule has 1 aromatic heterocycles. The van der Waals surface area contributed by atoms with E-state index in [-0.39, 0.29) is 18.2 Å². The van der Waals surface area contributed by atoms with Crippen molar-refractivity contribution >= 4 is 77.7 Å². The summed E-state index contributed by atoms with van der Waals surface area (Å²) in [4.78, 5) is 5.40. The normalized spacial score (nSPS) is 14.3. The van der Waals surface area contributed by atoms with Gasteiger partial charge >= 0.3 is 6.85 Å². The van der Waals surface area contributed by atoms with Crippen LogP contribution in [0.5, 0.6) is 0 Å². The average Bonchev–Trinajstić information content (AvgIpc) is 3.88. The van der Waals surface area contributed by atoms with Crippen molar-refractivity contribution in [1.29, 1.82) is 0 Å². The summed E-state index contributed by atoms with van der Waals surface area (Å²) >= 11 is 1.91. The molecule has 9 aromatic carbocycles. The van der Waals surface area contributed by atoms with Crippen molar-refractivity contribution in [3.8, 4) is 22.3 Å². The van der Waals surface area contributed by atoms with Crippen LogP contribution in [0.25, 0.3) is 42.4 Å². The van der Waals surface area contributed by atoms with Gasteiger partial charge in [-0.05, 0) is 147 Å². The van der Waals surface area contributed by atoms with E-state index in [1.165, 1.54) is 146 Å². The third-order valence-corrected chi connectivity index (χ3v) is 17.0. The minimum Gasteiger partial charge on any atom is -0.376 e. The van der Waals surface area contributed by atoms with E-state index in [0.717, 1.165) is 12.8 Å². The maximum atomic E-state index is 2.70. The zero-order valence-corrected chi connectivity index (χ0v) is 41.5. The van der Waals surface area contributed by atoms with Gasteiger partial charge in [-0.15, -0.1) is 11.3 Å². The van der Waals surface area contributed by atoms with Crippen LogP contribution < -0.4 is 20.6 Å². The highest BCUT2D eigenvalue weighted by atomic mass is 32.1. The second-order valence-corrected chi connectivity index (χ2v) is 21.5. The van der Waals surface area contributed by atoms with Crippen LogP contribution in [0, 0.1) is 0 Å². The summed E-state index contributed by atoms with van der Waals surface area (Å²) in [6.45, 7) is 9.40. The van der Waals surface area contributed by atoms with Gasteiger partial charge in [0.2, 0.25) is 0 Å². The smallest absolute Gasteiger partial charge is 0.333 e. The lowest BCUT2D eigenvalue weighted by atomic mass is 9.42. The summed E-state index contributed by atoms with van der Waals surface area (Å²) in [6.07, 6.45) is 6.97. The average molecular weight is 921 g/mol. The summed E-state index contributed by atoms with van der Waals surface area (Å²) < 4.78 is 2.65. The van der Waals surface area contributed by atoms with Gasteiger partial charge in [-0.3, -0.25) is 0 Å². The highest BCUT2D eigenvalue weighted by Gasteiger charge is 2.50. The maximum absolute atomic E-state index is 2.70. The molecule has 3 aliphatic rings. The molecule has 1 aliphatic carbocycles. The number of nitrogens with zero attached hydrogens (tertiary/aromatic N) is 2. The maximum Gasteiger partial charge on any atom is 0.333 e. The summed E-state index contributed by atoms with van der Waals surface area (Å²) in [5.41, 5.74) is 23.5. The number of aryl methyl sites for hydroxylation is 2. The van der Waals surface area contributed by atoms with Crippen LogP contribution in [0.3, 0.4) is 0 Å². The van der Waals surface area contributed by atoms with Gasteiger partial charge in [-0.1, -0.05) is 180 Å². The molecule has 0 amide bonds. The first-order valence-corrected chi connectivity index (χ1v) is 26.5. The van der Waals surface area contributed by atoms with Gasteiger partial charge in [0, 0.05) is 65.5 Å². The number of thiophene rings is 1. The van der Waals surface area contributed by atoms with Crippen molar-refractivity contribution in [2.45, 2.75) is 77.6 Å². The number of hydrogen-bond acceptors (Lipinski definition) is 3. The van der Waals surface area contributed by atoms with Gasteiger partial charge < -0.3 is 9.71 Å². The molecule has 0 bridgehead atoms. The lowest BCUT2D eigenvalue weighted by Gasteiger charge is -2.47. The molecular formula is C66H57BN2S. The lowest BCUT2D eigenvalue weighted by Crippen LogP contribution is -2.62. The third kappa shape index (κ3) is 6.74. The van der Waals surface area contributed by atoms with E-state index >= 15 is 0 Å². The Morgan fingerprint density at radius 2 is 1.14 bits per heavy atom. The predicted octanol–water partition coefficient (Wildman–Crippen LogP) is 16.9. The highest BCUT2D eigenvalue weighted by Crippen LogP contribution is 2.58. The molecule has 2 nitrogen and oxygen atoms in total. The summed E-state index contributed by atoms with van der Waals surface area (Å²) in [6, 6.07) is 74.9. The SMILES string of the molecule is CCCCc1ccc(C(c2ccccc2)c2ccc3c(c2)N(c2ccc(CCCC)cc2)c2c4c(cc5c2C(C)(C)c2ccccc2-5)-c2cc5c(cc2N(c2ccccc2)B34)sc2ccccc25)cc1. The molecule has 0 saturated carbocycles. The first kappa shape index (κ1) is 42.9. The van der Waals surface area contributed by atoms with E-state index in [1.807, 2.05) is 11.3 Å². The quantitative estimate of drug-likeness (QED) is 0.0942. The molecule has 1 unspecified atom stereocenters. The first-order valence-electron chi connectivity index (χ1n) is 25.7. The van der Waals surface area contributed by atoms with Crippen molar-refractivity contribution < 1.29 is 0 Å². The second kappa shape index (κ2) is 17.1. The zero-order valence-electron chi connectivity index (χ0n) is 40.7. The molecule has 340 valence electrons. The van der Waals surface area contributed by atoms with Crippen LogP contribution in [-0.4, -0.2) is 6.85 Å². The van der Waals surface area contributed by atoms with Crippen LogP contribution in [0.2, 0.25) is 0 Å². The Bertz CT molecular complexity index is 3610. The molecule has 13 rings (SSSR count). The fourth-order valence-electron chi connectivity index (χ4n) is 12.5. The van der Waals surface area contributed by atoms with E-state index in [4.69, 9.17) is 0 Å². The molecule has 0 fully saturated rings. The third-order valence-electron chi connectivity index (χ3n) is 15.9. The Labute approximate surface area is 418 Å². The topological polar surface area (TPSA) is 6.48 Å². The van der Waals surface area contributed by atoms with Crippen LogP contribution in [0.15, 0.2) is 194 Å². The number of hydrogen-bond donors (Lipinski definition) is 0. The van der Waals surface area contributed by atoms with Gasteiger partial charge in [0.15, 0.2) is 0 Å². The van der Waals surface area contributed by atoms with Crippen LogP contribution in [0.1, 0.15) is 98.2 Å². The van der Waals surface area contributed by atoms with Crippen molar-refractivity contribution in [1.82, 2.24) is 0 Å². The number of para-hydroxylation sites is 1. The van der Waals surface area contributed by atoms with Crippen molar-refractivity contribution in [2.24, 2.45) is 0 Å². The number of anilines is 5. The molecule has 0 radical (unpaired) electrons. The Balaban J connectivity index is 1.14. The predicted molar refractivity (Wildman–Crippen MR) is 302 cm³/mol. The molecule has 0 saturated heterocycles. The van der Waals surface area contributed by atoms with Gasteiger partial charge in [0.25, 0.3) is 0 Å². The molecule has 0 N–H and O–H groups in total. The number of unbranched alkanes of at least 4 members (excludes halogenated alkanes) is 2. The van der Waals surface area contributed by atoms with E-state index in [2.05, 4.69) is 232 Å². The molecule has 10 aromatic rings. The molecule has 70 heavy (non-hydrogen) atoms. The van der Waals surface area contributed by atoms with Crippen LogP contribution in [-0.2, 0) is 18.3 Å². The molecule has 4 heteroatoms. The van der Waals surface area contributed by atoms with E-state index in [1.54, 1.807) is 0 Å². The van der Waals surface area contributed by atoms with Crippen LogP contribution >= 0.6 is 11.3 Å². The molecule has 3 heterocycles. The van der Waals surface area contributed by atoms with Crippen molar-refractivity contribution in [3.05, 3.63) is 233 Å². The Morgan fingerprint density at radius 1 is 0.500 bits per heavy atom. The molecule has 1 atom stereocenters. The minimum absolute atomic E-state index is 0.0442. The lowest BCUT2D eigenvalue weighted by molar-refractivity contribution is 0.661. The van der Waals surface area contributed by atoms with Crippen molar-refractivity contribution in [3.63, 3.8) is 0 Å². The Hall–Kier alpha value is -7.14. The first-order chi connectivity index (χ1) is 34.4. The van der Waals surface area contributed by atoms with Gasteiger partial charge in [0.1, 0.15) is 0 Å². The zero-order chi connectivity index (χ0) is 47.1. The Kier molecular flexibility index (Phi) is 10.5. The van der Waals surface area contributed by atoms with Crippen molar-refractivity contribution in [2.75, 3.05) is 9.71 Å². The molecule has 0 spiro atoms. The fourth-order valence-corrected chi connectivity index (χ4v) is 13.6. The Morgan fingerprint density at radius 3 is 1.89 bits per heavy atom. The summed E-state index contributed by atoms with van der Waals surface area (Å²) in [5, 5.41) is 2.65. The van der Waals surface area contributed by atoms with Gasteiger partial charge in [0.05, 0.1) is 0 Å². The van der Waals surface area contributed by atoms with Crippen LogP contribution in [0.4, 0.5) is 28.4 Å². The monoisotopic (exact) mass is 920 g/mol. The minimum atomic E-state index is -0.271. The van der Waals surface area contributed by atoms with E-state index < -0.39 is 0 Å². The highest BCUT2D eigenvalue weighted by molar-refractivity contribution is 7.25. The number of rotatable bonds is 11. The summed E-state index contributed by atoms with van der Waals surface area (Å²) in [7, 11) is 0. The van der Waals surface area contributed by atoms with Gasteiger partial charge in [-0.2, -0.15) is 0 Å². The molecule has 2 aliphatic heterocycles. The fraction of sp³-hybridized carbons (Fsp3) is 0.182.